The van der Waals surface area contributed by atoms with Gasteiger partial charge in [0, 0.05) is 11.5 Å². The van der Waals surface area contributed by atoms with E-state index in [4.69, 9.17) is 5.73 Å². The highest BCUT2D eigenvalue weighted by Crippen LogP contribution is 2.60. The van der Waals surface area contributed by atoms with E-state index in [1.165, 1.54) is 19.3 Å². The van der Waals surface area contributed by atoms with Crippen LogP contribution in [0, 0.1) is 29.1 Å². The first-order valence-corrected chi connectivity index (χ1v) is 8.53. The van der Waals surface area contributed by atoms with Gasteiger partial charge in [0.2, 0.25) is 5.91 Å². The van der Waals surface area contributed by atoms with Gasteiger partial charge in [-0.25, -0.2) is 0 Å². The van der Waals surface area contributed by atoms with Gasteiger partial charge < -0.3 is 11.1 Å². The van der Waals surface area contributed by atoms with Gasteiger partial charge in [0.05, 0.1) is 0 Å². The Kier molecular flexibility index (Phi) is 3.83. The van der Waals surface area contributed by atoms with Gasteiger partial charge in [-0.05, 0) is 75.2 Å². The number of carbonyl (C=O) groups excluding carboxylic acids is 1. The molecule has 3 nitrogen and oxygen atoms in total. The molecule has 0 aromatic heterocycles. The summed E-state index contributed by atoms with van der Waals surface area (Å²) in [5.74, 6) is 3.32. The third-order valence-electron chi connectivity index (χ3n) is 6.12. The molecule has 4 aliphatic carbocycles. The van der Waals surface area contributed by atoms with Crippen LogP contribution in [0.15, 0.2) is 0 Å². The zero-order valence-corrected chi connectivity index (χ0v) is 13.0. The van der Waals surface area contributed by atoms with E-state index in [2.05, 4.69) is 19.2 Å². The van der Waals surface area contributed by atoms with Crippen LogP contribution >= 0.6 is 0 Å². The molecule has 4 saturated carbocycles. The quantitative estimate of drug-likeness (QED) is 0.812. The van der Waals surface area contributed by atoms with E-state index >= 15 is 0 Å². The predicted octanol–water partition coefficient (Wildman–Crippen LogP) is 2.69. The Labute approximate surface area is 123 Å². The van der Waals surface area contributed by atoms with Gasteiger partial charge in [-0.15, -0.1) is 0 Å². The molecule has 0 aliphatic heterocycles. The molecule has 1 unspecified atom stereocenters. The third-order valence-corrected chi connectivity index (χ3v) is 6.12. The topological polar surface area (TPSA) is 55.1 Å². The van der Waals surface area contributed by atoms with Crippen LogP contribution in [-0.2, 0) is 4.79 Å². The van der Waals surface area contributed by atoms with Gasteiger partial charge in [-0.3, -0.25) is 4.79 Å². The highest BCUT2D eigenvalue weighted by atomic mass is 16.2. The van der Waals surface area contributed by atoms with E-state index in [0.717, 1.165) is 43.4 Å². The van der Waals surface area contributed by atoms with Crippen LogP contribution in [0.2, 0.25) is 0 Å². The lowest BCUT2D eigenvalue weighted by Gasteiger charge is -2.56. The lowest BCUT2D eigenvalue weighted by Crippen LogP contribution is -2.56. The SMILES string of the molecule is CC(C)C(CCN)NC(=O)C12CC3CC(CC(C3)C1)C2. The zero-order chi connectivity index (χ0) is 14.3. The molecule has 4 bridgehead atoms. The molecule has 114 valence electrons. The zero-order valence-electron chi connectivity index (χ0n) is 13.0. The number of nitrogens with two attached hydrogens (primary N) is 1. The average Bonchev–Trinajstić information content (AvgIpc) is 2.36. The smallest absolute Gasteiger partial charge is 0.226 e. The average molecular weight is 278 g/mol. The molecule has 4 aliphatic rings. The van der Waals surface area contributed by atoms with Crippen LogP contribution in [0.1, 0.15) is 58.8 Å². The number of rotatable bonds is 5. The third kappa shape index (κ3) is 2.49. The number of hydrogen-bond acceptors (Lipinski definition) is 2. The maximum atomic E-state index is 12.9. The summed E-state index contributed by atoms with van der Waals surface area (Å²) < 4.78 is 0. The van der Waals surface area contributed by atoms with Crippen molar-refractivity contribution in [1.29, 1.82) is 0 Å². The van der Waals surface area contributed by atoms with Crippen LogP contribution in [0.4, 0.5) is 0 Å². The first-order valence-electron chi connectivity index (χ1n) is 8.53. The highest BCUT2D eigenvalue weighted by molar-refractivity contribution is 5.83. The van der Waals surface area contributed by atoms with E-state index < -0.39 is 0 Å². The normalized spacial score (nSPS) is 40.1. The van der Waals surface area contributed by atoms with Gasteiger partial charge in [-0.1, -0.05) is 13.8 Å². The van der Waals surface area contributed by atoms with E-state index in [-0.39, 0.29) is 11.5 Å². The Morgan fingerprint density at radius 3 is 2.05 bits per heavy atom. The van der Waals surface area contributed by atoms with E-state index in [0.29, 0.717) is 18.4 Å². The number of nitrogens with one attached hydrogen (secondary N) is 1. The summed E-state index contributed by atoms with van der Waals surface area (Å²) in [5.41, 5.74) is 5.68. The van der Waals surface area contributed by atoms with Crippen molar-refractivity contribution in [3.63, 3.8) is 0 Å². The minimum atomic E-state index is -0.0174. The second-order valence-electron chi connectivity index (χ2n) is 8.10. The second kappa shape index (κ2) is 5.32. The fraction of sp³-hybridized carbons (Fsp3) is 0.941. The maximum absolute atomic E-state index is 12.9. The lowest BCUT2D eigenvalue weighted by atomic mass is 9.49. The molecule has 0 radical (unpaired) electrons. The number of carbonyl (C=O) groups is 1. The molecule has 0 aromatic rings. The summed E-state index contributed by atoms with van der Waals surface area (Å²) in [6.07, 6.45) is 8.53. The van der Waals surface area contributed by atoms with Crippen molar-refractivity contribution in [3.8, 4) is 0 Å². The van der Waals surface area contributed by atoms with Gasteiger partial charge in [0.25, 0.3) is 0 Å². The van der Waals surface area contributed by atoms with Crippen molar-refractivity contribution < 1.29 is 4.79 Å². The summed E-state index contributed by atoms with van der Waals surface area (Å²) in [7, 11) is 0. The van der Waals surface area contributed by atoms with E-state index in [9.17, 15) is 4.79 Å². The Hall–Kier alpha value is -0.570. The molecular formula is C17H30N2O. The van der Waals surface area contributed by atoms with Crippen molar-refractivity contribution in [2.75, 3.05) is 6.54 Å². The second-order valence-corrected chi connectivity index (χ2v) is 8.10. The highest BCUT2D eigenvalue weighted by Gasteiger charge is 2.54. The van der Waals surface area contributed by atoms with Crippen LogP contribution < -0.4 is 11.1 Å². The van der Waals surface area contributed by atoms with Crippen LogP contribution in [0.25, 0.3) is 0 Å². The maximum Gasteiger partial charge on any atom is 0.226 e. The van der Waals surface area contributed by atoms with Crippen molar-refractivity contribution in [2.45, 2.75) is 64.8 Å². The Bertz CT molecular complexity index is 342. The molecule has 0 saturated heterocycles. The van der Waals surface area contributed by atoms with Gasteiger partial charge in [0.1, 0.15) is 0 Å². The minimum absolute atomic E-state index is 0.0174. The summed E-state index contributed by atoms with van der Waals surface area (Å²) in [5, 5.41) is 3.36. The fourth-order valence-electron chi connectivity index (χ4n) is 5.46. The molecule has 1 amide bonds. The van der Waals surface area contributed by atoms with Crippen molar-refractivity contribution >= 4 is 5.91 Å². The van der Waals surface area contributed by atoms with Crippen molar-refractivity contribution in [2.24, 2.45) is 34.8 Å². The molecule has 0 spiro atoms. The number of amides is 1. The first kappa shape index (κ1) is 14.4. The predicted molar refractivity (Wildman–Crippen MR) is 81.0 cm³/mol. The molecule has 4 fully saturated rings. The summed E-state index contributed by atoms with van der Waals surface area (Å²) in [4.78, 5) is 12.9. The Balaban J connectivity index is 1.70. The van der Waals surface area contributed by atoms with Crippen molar-refractivity contribution in [1.82, 2.24) is 5.32 Å². The molecule has 1 atom stereocenters. The molecule has 0 aromatic carbocycles. The standard InChI is InChI=1S/C17H30N2O/c1-11(2)15(3-4-18)19-16(20)17-8-12-5-13(9-17)7-14(6-12)10-17/h11-15H,3-10,18H2,1-2H3,(H,19,20). The minimum Gasteiger partial charge on any atom is -0.353 e. The Morgan fingerprint density at radius 2 is 1.65 bits per heavy atom. The van der Waals surface area contributed by atoms with Gasteiger partial charge >= 0.3 is 0 Å². The van der Waals surface area contributed by atoms with Crippen LogP contribution in [0.3, 0.4) is 0 Å². The molecule has 4 rings (SSSR count). The fourth-order valence-corrected chi connectivity index (χ4v) is 5.46. The largest absolute Gasteiger partial charge is 0.353 e. The van der Waals surface area contributed by atoms with Gasteiger partial charge in [0.15, 0.2) is 0 Å². The van der Waals surface area contributed by atoms with E-state index in [1.807, 2.05) is 0 Å². The monoisotopic (exact) mass is 278 g/mol. The molecule has 3 N–H and O–H groups in total. The molecule has 3 heteroatoms. The van der Waals surface area contributed by atoms with Crippen LogP contribution in [-0.4, -0.2) is 18.5 Å². The number of hydrogen-bond donors (Lipinski definition) is 2. The summed E-state index contributed by atoms with van der Waals surface area (Å²) in [6, 6.07) is 0.250. The Morgan fingerprint density at radius 1 is 1.15 bits per heavy atom. The van der Waals surface area contributed by atoms with E-state index in [1.54, 1.807) is 0 Å². The first-order chi connectivity index (χ1) is 9.52. The molecule has 20 heavy (non-hydrogen) atoms. The van der Waals surface area contributed by atoms with Gasteiger partial charge in [-0.2, -0.15) is 0 Å². The molecule has 0 heterocycles. The summed E-state index contributed by atoms with van der Waals surface area (Å²) in [6.45, 7) is 5.02. The van der Waals surface area contributed by atoms with Crippen LogP contribution in [0.5, 0.6) is 0 Å². The lowest BCUT2D eigenvalue weighted by molar-refractivity contribution is -0.147. The molecular weight excluding hydrogens is 248 g/mol. The summed E-state index contributed by atoms with van der Waals surface area (Å²) >= 11 is 0. The van der Waals surface area contributed by atoms with Crippen molar-refractivity contribution in [3.05, 3.63) is 0 Å².